The zero-order valence-corrected chi connectivity index (χ0v) is 20.2. The number of benzene rings is 3. The normalized spacial score (nSPS) is 11.1. The molecule has 0 saturated carbocycles. The Labute approximate surface area is 206 Å². The Bertz CT molecular complexity index is 1650. The van der Waals surface area contributed by atoms with E-state index in [0.29, 0.717) is 33.7 Å². The van der Waals surface area contributed by atoms with Gasteiger partial charge >= 0.3 is 0 Å². The molecule has 0 aliphatic carbocycles. The van der Waals surface area contributed by atoms with Gasteiger partial charge in [0.25, 0.3) is 11.5 Å². The first kappa shape index (κ1) is 22.6. The van der Waals surface area contributed by atoms with Gasteiger partial charge in [-0.3, -0.25) is 14.2 Å². The fourth-order valence-corrected chi connectivity index (χ4v) is 4.47. The quantitative estimate of drug-likeness (QED) is 0.337. The summed E-state index contributed by atoms with van der Waals surface area (Å²) in [6, 6.07) is 22.7. The first-order chi connectivity index (χ1) is 16.9. The molecule has 0 bridgehead atoms. The number of fused-ring (bicyclic) bond motifs is 3. The minimum Gasteiger partial charge on any atom is -0.497 e. The lowest BCUT2D eigenvalue weighted by Crippen LogP contribution is -2.26. The highest BCUT2D eigenvalue weighted by Crippen LogP contribution is 2.26. The third-order valence-electron chi connectivity index (χ3n) is 6.09. The number of amides is 1. The second-order valence-electron chi connectivity index (χ2n) is 8.45. The third-order valence-corrected chi connectivity index (χ3v) is 6.42. The van der Waals surface area contributed by atoms with Crippen LogP contribution in [0.3, 0.4) is 0 Å². The van der Waals surface area contributed by atoms with Crippen LogP contribution in [0.2, 0.25) is 0 Å². The molecule has 0 aliphatic rings. The zero-order chi connectivity index (χ0) is 24.5. The number of hydrogen-bond acceptors (Lipinski definition) is 4. The highest BCUT2D eigenvalue weighted by Gasteiger charge is 2.14. The van der Waals surface area contributed by atoms with E-state index in [1.165, 1.54) is 4.57 Å². The molecule has 176 valence electrons. The Morgan fingerprint density at radius 3 is 2.43 bits per heavy atom. The van der Waals surface area contributed by atoms with Gasteiger partial charge in [-0.05, 0) is 53.7 Å². The molecule has 5 aromatic rings. The maximum absolute atomic E-state index is 13.3. The molecule has 35 heavy (non-hydrogen) atoms. The fraction of sp³-hybridized carbons (Fsp3) is 0.148. The number of nitrogens with zero attached hydrogens (tertiary/aromatic N) is 2. The molecule has 0 aliphatic heterocycles. The maximum Gasteiger partial charge on any atom is 0.278 e. The summed E-state index contributed by atoms with van der Waals surface area (Å²) in [4.78, 5) is 34.2. The van der Waals surface area contributed by atoms with E-state index < -0.39 is 0 Å². The number of methoxy groups -OCH3 is 1. The van der Waals surface area contributed by atoms with Gasteiger partial charge in [0.1, 0.15) is 11.3 Å². The lowest BCUT2D eigenvalue weighted by Gasteiger charge is -2.17. The summed E-state index contributed by atoms with van der Waals surface area (Å²) in [6.45, 7) is 0.819. The Kier molecular flexibility index (Phi) is 5.96. The predicted octanol–water partition coefficient (Wildman–Crippen LogP) is 4.87. The molecular weight excluding hydrogens is 460 g/mol. The van der Waals surface area contributed by atoms with Crippen molar-refractivity contribution in [2.24, 2.45) is 0 Å². The van der Waals surface area contributed by atoms with Crippen LogP contribution in [0.4, 0.5) is 0 Å². The Balaban J connectivity index is 1.40. The molecule has 1 amide bonds. The van der Waals surface area contributed by atoms with Crippen LogP contribution >= 0.6 is 12.2 Å². The third kappa shape index (κ3) is 4.36. The van der Waals surface area contributed by atoms with Crippen molar-refractivity contribution in [1.29, 1.82) is 0 Å². The monoisotopic (exact) mass is 484 g/mol. The number of rotatable bonds is 6. The zero-order valence-electron chi connectivity index (χ0n) is 19.4. The van der Waals surface area contributed by atoms with Gasteiger partial charge in [0.2, 0.25) is 0 Å². The van der Waals surface area contributed by atoms with Crippen LogP contribution in [0.15, 0.2) is 77.6 Å². The summed E-state index contributed by atoms with van der Waals surface area (Å²) < 4.78 is 7.15. The molecule has 7 nitrogen and oxygen atoms in total. The number of ether oxygens (including phenoxy) is 1. The van der Waals surface area contributed by atoms with Crippen molar-refractivity contribution < 1.29 is 9.53 Å². The van der Waals surface area contributed by atoms with Gasteiger partial charge in [-0.1, -0.05) is 42.5 Å². The van der Waals surface area contributed by atoms with Crippen molar-refractivity contribution >= 4 is 40.1 Å². The summed E-state index contributed by atoms with van der Waals surface area (Å²) >= 11 is 5.52. The molecular formula is C27H24N4O3S. The predicted molar refractivity (Wildman–Crippen MR) is 140 cm³/mol. The first-order valence-corrected chi connectivity index (χ1v) is 11.6. The topological polar surface area (TPSA) is 83.1 Å². The van der Waals surface area contributed by atoms with Gasteiger partial charge in [-0.15, -0.1) is 0 Å². The number of aromatic amines is 2. The van der Waals surface area contributed by atoms with Crippen LogP contribution in [0, 0.1) is 4.77 Å². The van der Waals surface area contributed by atoms with E-state index in [9.17, 15) is 9.59 Å². The van der Waals surface area contributed by atoms with Crippen molar-refractivity contribution in [1.82, 2.24) is 19.4 Å². The van der Waals surface area contributed by atoms with E-state index >= 15 is 0 Å². The van der Waals surface area contributed by atoms with Crippen molar-refractivity contribution in [3.8, 4) is 5.75 Å². The average molecular weight is 485 g/mol. The number of carbonyl (C=O) groups excluding carboxylic acids is 1. The van der Waals surface area contributed by atoms with E-state index in [2.05, 4.69) is 9.97 Å². The number of nitrogens with one attached hydrogen (secondary N) is 2. The second-order valence-corrected chi connectivity index (χ2v) is 8.84. The highest BCUT2D eigenvalue weighted by atomic mass is 32.1. The first-order valence-electron chi connectivity index (χ1n) is 11.2. The van der Waals surface area contributed by atoms with Crippen LogP contribution in [0.1, 0.15) is 21.5 Å². The van der Waals surface area contributed by atoms with Gasteiger partial charge in [0, 0.05) is 30.1 Å². The van der Waals surface area contributed by atoms with Crippen molar-refractivity contribution in [3.63, 3.8) is 0 Å². The van der Waals surface area contributed by atoms with Crippen LogP contribution in [-0.2, 0) is 13.1 Å². The van der Waals surface area contributed by atoms with E-state index in [0.717, 1.165) is 22.0 Å². The van der Waals surface area contributed by atoms with E-state index in [-0.39, 0.29) is 18.0 Å². The highest BCUT2D eigenvalue weighted by molar-refractivity contribution is 7.71. The SMILES string of the molecule is COc1ccc2[nH]c3c(=O)n(Cc4ccc(C(=O)N(C)Cc5ccccc5)cc4)c(=S)[nH]c3c2c1. The fourth-order valence-electron chi connectivity index (χ4n) is 4.22. The van der Waals surface area contributed by atoms with Crippen molar-refractivity contribution in [2.45, 2.75) is 13.1 Å². The van der Waals surface area contributed by atoms with Gasteiger partial charge in [0.05, 0.1) is 19.2 Å². The Morgan fingerprint density at radius 2 is 1.71 bits per heavy atom. The Hall–Kier alpha value is -4.17. The van der Waals surface area contributed by atoms with Crippen molar-refractivity contribution in [3.05, 3.63) is 105 Å². The van der Waals surface area contributed by atoms with Crippen LogP contribution in [-0.4, -0.2) is 39.5 Å². The second kappa shape index (κ2) is 9.23. The molecule has 3 aromatic carbocycles. The summed E-state index contributed by atoms with van der Waals surface area (Å²) in [5.74, 6) is 0.635. The molecule has 8 heteroatoms. The summed E-state index contributed by atoms with van der Waals surface area (Å²) in [6.07, 6.45) is 0. The van der Waals surface area contributed by atoms with Crippen LogP contribution < -0.4 is 10.3 Å². The number of aromatic nitrogens is 3. The summed E-state index contributed by atoms with van der Waals surface area (Å²) in [5, 5.41) is 0.845. The molecule has 2 heterocycles. The minimum atomic E-state index is -0.207. The van der Waals surface area contributed by atoms with Gasteiger partial charge in [0.15, 0.2) is 4.77 Å². The summed E-state index contributed by atoms with van der Waals surface area (Å²) in [7, 11) is 3.39. The summed E-state index contributed by atoms with van der Waals surface area (Å²) in [5.41, 5.74) is 4.25. The smallest absolute Gasteiger partial charge is 0.278 e. The van der Waals surface area contributed by atoms with Crippen LogP contribution in [0.25, 0.3) is 21.9 Å². The Morgan fingerprint density at radius 1 is 0.971 bits per heavy atom. The molecule has 5 rings (SSSR count). The van der Waals surface area contributed by atoms with E-state index in [1.807, 2.05) is 60.7 Å². The molecule has 2 N–H and O–H groups in total. The van der Waals surface area contributed by atoms with Crippen LogP contribution in [0.5, 0.6) is 5.75 Å². The van der Waals surface area contributed by atoms with Gasteiger partial charge < -0.3 is 19.6 Å². The lowest BCUT2D eigenvalue weighted by molar-refractivity contribution is 0.0785. The molecule has 0 fully saturated rings. The number of H-pyrrole nitrogens is 2. The molecule has 0 spiro atoms. The molecule has 0 saturated heterocycles. The molecule has 0 atom stereocenters. The standard InChI is InChI=1S/C27H24N4O3S/c1-30(15-17-6-4-3-5-7-17)25(32)19-10-8-18(9-11-19)16-31-26(33)24-23(29-27(31)35)21-14-20(34-2)12-13-22(21)28-24/h3-14,28H,15-16H2,1-2H3,(H,29,35). The van der Waals surface area contributed by atoms with Gasteiger partial charge in [-0.2, -0.15) is 0 Å². The molecule has 0 unspecified atom stereocenters. The van der Waals surface area contributed by atoms with Crippen molar-refractivity contribution in [2.75, 3.05) is 14.2 Å². The van der Waals surface area contributed by atoms with E-state index in [1.54, 1.807) is 31.2 Å². The number of hydrogen-bond donors (Lipinski definition) is 2. The average Bonchev–Trinajstić information content (AvgIpc) is 3.24. The molecule has 0 radical (unpaired) electrons. The number of carbonyl (C=O) groups is 1. The lowest BCUT2D eigenvalue weighted by atomic mass is 10.1. The molecule has 2 aromatic heterocycles. The minimum absolute atomic E-state index is 0.0650. The van der Waals surface area contributed by atoms with E-state index in [4.69, 9.17) is 17.0 Å². The maximum atomic E-state index is 13.3. The van der Waals surface area contributed by atoms with Gasteiger partial charge in [-0.25, -0.2) is 0 Å². The largest absolute Gasteiger partial charge is 0.497 e.